The molecule has 0 amide bonds. The Balaban J connectivity index is 2.14. The highest BCUT2D eigenvalue weighted by atomic mass is 16.3. The van der Waals surface area contributed by atoms with Crippen LogP contribution in [-0.4, -0.2) is 11.2 Å². The molecule has 0 aromatic carbocycles. The van der Waals surface area contributed by atoms with Crippen LogP contribution >= 0.6 is 0 Å². The summed E-state index contributed by atoms with van der Waals surface area (Å²) in [6.45, 7) is 2.16. The standard InChI is InChI=1S/C8H15O/c1-2-3-7-4-5-8(9)6-7/h3,7-9H,2,4-6H2,1H3. The molecule has 2 atom stereocenters. The summed E-state index contributed by atoms with van der Waals surface area (Å²) in [6, 6.07) is 0. The van der Waals surface area contributed by atoms with Gasteiger partial charge in [-0.05, 0) is 31.6 Å². The molecule has 0 spiro atoms. The molecule has 1 nitrogen and oxygen atoms in total. The third-order valence-corrected chi connectivity index (χ3v) is 2.01. The third kappa shape index (κ3) is 1.98. The largest absolute Gasteiger partial charge is 0.393 e. The van der Waals surface area contributed by atoms with Gasteiger partial charge < -0.3 is 5.11 Å². The van der Waals surface area contributed by atoms with E-state index >= 15 is 0 Å². The predicted molar refractivity (Wildman–Crippen MR) is 37.9 cm³/mol. The minimum atomic E-state index is -0.00204. The molecular formula is C8H15O. The first-order chi connectivity index (χ1) is 4.33. The summed E-state index contributed by atoms with van der Waals surface area (Å²) in [5.41, 5.74) is 0. The maximum absolute atomic E-state index is 9.11. The SMILES string of the molecule is CC[CH]C1CCC(O)C1. The smallest absolute Gasteiger partial charge is 0.0543 e. The van der Waals surface area contributed by atoms with Crippen LogP contribution in [0.3, 0.4) is 0 Å². The first-order valence-electron chi connectivity index (χ1n) is 3.84. The van der Waals surface area contributed by atoms with Crippen molar-refractivity contribution in [2.24, 2.45) is 5.92 Å². The molecule has 9 heavy (non-hydrogen) atoms. The van der Waals surface area contributed by atoms with Gasteiger partial charge in [-0.25, -0.2) is 0 Å². The molecule has 1 N–H and O–H groups in total. The van der Waals surface area contributed by atoms with Crippen molar-refractivity contribution in [1.29, 1.82) is 0 Å². The Morgan fingerprint density at radius 2 is 2.33 bits per heavy atom. The van der Waals surface area contributed by atoms with E-state index in [4.69, 9.17) is 5.11 Å². The molecule has 0 aromatic rings. The van der Waals surface area contributed by atoms with Crippen LogP contribution in [0.15, 0.2) is 0 Å². The number of rotatable bonds is 2. The summed E-state index contributed by atoms with van der Waals surface area (Å²) in [5.74, 6) is 0.713. The summed E-state index contributed by atoms with van der Waals surface area (Å²) in [5, 5.41) is 9.11. The van der Waals surface area contributed by atoms with Crippen molar-refractivity contribution >= 4 is 0 Å². The second-order valence-corrected chi connectivity index (χ2v) is 2.87. The number of aliphatic hydroxyl groups excluding tert-OH is 1. The van der Waals surface area contributed by atoms with Gasteiger partial charge in [0.25, 0.3) is 0 Å². The summed E-state index contributed by atoms with van der Waals surface area (Å²) in [6.07, 6.45) is 6.69. The van der Waals surface area contributed by atoms with E-state index in [1.54, 1.807) is 0 Å². The minimum absolute atomic E-state index is 0.00204. The molecule has 1 saturated carbocycles. The Labute approximate surface area is 57.1 Å². The molecule has 0 bridgehead atoms. The van der Waals surface area contributed by atoms with E-state index in [0.717, 1.165) is 19.3 Å². The van der Waals surface area contributed by atoms with Crippen LogP contribution in [0.1, 0.15) is 32.6 Å². The molecule has 53 valence electrons. The van der Waals surface area contributed by atoms with Crippen molar-refractivity contribution in [3.05, 3.63) is 6.42 Å². The average Bonchev–Trinajstić information content (AvgIpc) is 2.17. The Morgan fingerprint density at radius 1 is 1.56 bits per heavy atom. The van der Waals surface area contributed by atoms with Crippen LogP contribution in [0.2, 0.25) is 0 Å². The maximum Gasteiger partial charge on any atom is 0.0543 e. The van der Waals surface area contributed by atoms with E-state index in [1.807, 2.05) is 0 Å². The predicted octanol–water partition coefficient (Wildman–Crippen LogP) is 1.76. The van der Waals surface area contributed by atoms with E-state index in [9.17, 15) is 0 Å². The van der Waals surface area contributed by atoms with Crippen molar-refractivity contribution in [3.63, 3.8) is 0 Å². The Hall–Kier alpha value is -0.0400. The highest BCUT2D eigenvalue weighted by Gasteiger charge is 2.21. The molecule has 0 heterocycles. The van der Waals surface area contributed by atoms with E-state index in [1.165, 1.54) is 6.42 Å². The number of hydrogen-bond acceptors (Lipinski definition) is 1. The molecule has 1 aliphatic rings. The zero-order chi connectivity index (χ0) is 6.69. The fourth-order valence-corrected chi connectivity index (χ4v) is 1.54. The molecule has 1 radical (unpaired) electrons. The van der Waals surface area contributed by atoms with Gasteiger partial charge in [-0.1, -0.05) is 13.3 Å². The Bertz CT molecular complexity index is 78.6. The summed E-state index contributed by atoms with van der Waals surface area (Å²) < 4.78 is 0. The summed E-state index contributed by atoms with van der Waals surface area (Å²) >= 11 is 0. The molecule has 2 unspecified atom stereocenters. The highest BCUT2D eigenvalue weighted by molar-refractivity contribution is 4.83. The normalized spacial score (nSPS) is 35.3. The monoisotopic (exact) mass is 127 g/mol. The van der Waals surface area contributed by atoms with Gasteiger partial charge in [0.2, 0.25) is 0 Å². The van der Waals surface area contributed by atoms with Crippen molar-refractivity contribution in [2.45, 2.75) is 38.7 Å². The fraction of sp³-hybridized carbons (Fsp3) is 0.875. The third-order valence-electron chi connectivity index (χ3n) is 2.01. The van der Waals surface area contributed by atoms with E-state index < -0.39 is 0 Å². The lowest BCUT2D eigenvalue weighted by Gasteiger charge is -2.04. The first kappa shape index (κ1) is 7.07. The quantitative estimate of drug-likeness (QED) is 0.599. The molecule has 1 rings (SSSR count). The molecular weight excluding hydrogens is 112 g/mol. The highest BCUT2D eigenvalue weighted by Crippen LogP contribution is 2.27. The average molecular weight is 127 g/mol. The van der Waals surface area contributed by atoms with E-state index in [0.29, 0.717) is 5.92 Å². The second-order valence-electron chi connectivity index (χ2n) is 2.87. The second kappa shape index (κ2) is 3.21. The first-order valence-corrected chi connectivity index (χ1v) is 3.84. The van der Waals surface area contributed by atoms with Crippen LogP contribution in [0.25, 0.3) is 0 Å². The molecule has 1 aliphatic carbocycles. The maximum atomic E-state index is 9.11. The lowest BCUT2D eigenvalue weighted by atomic mass is 10.0. The van der Waals surface area contributed by atoms with Crippen molar-refractivity contribution < 1.29 is 5.11 Å². The summed E-state index contributed by atoms with van der Waals surface area (Å²) in [4.78, 5) is 0. The molecule has 1 fully saturated rings. The van der Waals surface area contributed by atoms with Crippen LogP contribution < -0.4 is 0 Å². The topological polar surface area (TPSA) is 20.2 Å². The fourth-order valence-electron chi connectivity index (χ4n) is 1.54. The van der Waals surface area contributed by atoms with Gasteiger partial charge in [0.05, 0.1) is 6.10 Å². The van der Waals surface area contributed by atoms with Crippen LogP contribution in [0.4, 0.5) is 0 Å². The van der Waals surface area contributed by atoms with Gasteiger partial charge in [0.1, 0.15) is 0 Å². The van der Waals surface area contributed by atoms with Gasteiger partial charge >= 0.3 is 0 Å². The molecule has 0 saturated heterocycles. The lowest BCUT2D eigenvalue weighted by Crippen LogP contribution is -1.99. The van der Waals surface area contributed by atoms with Crippen LogP contribution in [0, 0.1) is 12.3 Å². The van der Waals surface area contributed by atoms with Crippen LogP contribution in [0.5, 0.6) is 0 Å². The molecule has 0 aromatic heterocycles. The van der Waals surface area contributed by atoms with Crippen molar-refractivity contribution in [2.75, 3.05) is 0 Å². The lowest BCUT2D eigenvalue weighted by molar-refractivity contribution is 0.179. The van der Waals surface area contributed by atoms with Gasteiger partial charge in [-0.2, -0.15) is 0 Å². The Morgan fingerprint density at radius 3 is 2.78 bits per heavy atom. The van der Waals surface area contributed by atoms with Crippen molar-refractivity contribution in [1.82, 2.24) is 0 Å². The molecule has 0 aliphatic heterocycles. The summed E-state index contributed by atoms with van der Waals surface area (Å²) in [7, 11) is 0. The molecule has 1 heteroatoms. The number of aliphatic hydroxyl groups is 1. The number of hydrogen-bond donors (Lipinski definition) is 1. The van der Waals surface area contributed by atoms with Crippen molar-refractivity contribution in [3.8, 4) is 0 Å². The Kier molecular flexibility index (Phi) is 2.52. The van der Waals surface area contributed by atoms with Gasteiger partial charge in [0.15, 0.2) is 0 Å². The van der Waals surface area contributed by atoms with Gasteiger partial charge in [-0.3, -0.25) is 0 Å². The van der Waals surface area contributed by atoms with Crippen LogP contribution in [-0.2, 0) is 0 Å². The van der Waals surface area contributed by atoms with E-state index in [2.05, 4.69) is 13.3 Å². The zero-order valence-electron chi connectivity index (χ0n) is 6.01. The van der Waals surface area contributed by atoms with Gasteiger partial charge in [0, 0.05) is 0 Å². The minimum Gasteiger partial charge on any atom is -0.393 e. The van der Waals surface area contributed by atoms with Gasteiger partial charge in [-0.15, -0.1) is 0 Å². The zero-order valence-corrected chi connectivity index (χ0v) is 6.01. The van der Waals surface area contributed by atoms with E-state index in [-0.39, 0.29) is 6.10 Å².